The molecule has 0 spiro atoms. The Kier molecular flexibility index (Phi) is 3.81. The molecule has 0 saturated heterocycles. The van der Waals surface area contributed by atoms with Gasteiger partial charge in [-0.15, -0.1) is 12.4 Å². The molecule has 5 unspecified atom stereocenters. The van der Waals surface area contributed by atoms with E-state index in [1.54, 1.807) is 0 Å². The molecule has 3 aliphatic carbocycles. The van der Waals surface area contributed by atoms with E-state index >= 15 is 0 Å². The van der Waals surface area contributed by atoms with E-state index in [9.17, 15) is 0 Å². The van der Waals surface area contributed by atoms with Crippen LogP contribution in [-0.2, 0) is 6.54 Å². The number of aromatic nitrogens is 1. The predicted octanol–water partition coefficient (Wildman–Crippen LogP) is 3.42. The molecule has 1 heterocycles. The maximum absolute atomic E-state index is 4.19. The number of hydrogen-bond acceptors (Lipinski definition) is 2. The number of hydrogen-bond donors (Lipinski definition) is 1. The molecule has 5 atom stereocenters. The van der Waals surface area contributed by atoms with Crippen molar-refractivity contribution in [3.63, 3.8) is 0 Å². The highest BCUT2D eigenvalue weighted by Crippen LogP contribution is 2.58. The van der Waals surface area contributed by atoms with Crippen molar-refractivity contribution >= 4 is 12.4 Å². The predicted molar refractivity (Wildman–Crippen MR) is 79.2 cm³/mol. The summed E-state index contributed by atoms with van der Waals surface area (Å²) < 4.78 is 0. The second kappa shape index (κ2) is 5.41. The van der Waals surface area contributed by atoms with Crippen LogP contribution in [0, 0.1) is 23.7 Å². The van der Waals surface area contributed by atoms with Crippen LogP contribution in [0.1, 0.15) is 37.7 Å². The third-order valence-electron chi connectivity index (χ3n) is 5.72. The number of fused-ring (bicyclic) bond motifs is 5. The lowest BCUT2D eigenvalue weighted by Gasteiger charge is -2.32. The minimum Gasteiger partial charge on any atom is -0.310 e. The third-order valence-corrected chi connectivity index (χ3v) is 5.72. The van der Waals surface area contributed by atoms with Crippen molar-refractivity contribution in [1.29, 1.82) is 0 Å². The van der Waals surface area contributed by atoms with Gasteiger partial charge in [-0.2, -0.15) is 0 Å². The quantitative estimate of drug-likeness (QED) is 0.916. The lowest BCUT2D eigenvalue weighted by atomic mass is 9.79. The van der Waals surface area contributed by atoms with Gasteiger partial charge in [0, 0.05) is 25.0 Å². The van der Waals surface area contributed by atoms with Crippen LogP contribution >= 0.6 is 12.4 Å². The fraction of sp³-hybridized carbons (Fsp3) is 0.688. The summed E-state index contributed by atoms with van der Waals surface area (Å²) in [5.74, 6) is 4.20. The van der Waals surface area contributed by atoms with Gasteiger partial charge in [-0.05, 0) is 61.0 Å². The first-order valence-electron chi connectivity index (χ1n) is 7.54. The molecule has 1 aromatic heterocycles. The van der Waals surface area contributed by atoms with Gasteiger partial charge in [0.25, 0.3) is 0 Å². The fourth-order valence-corrected chi connectivity index (χ4v) is 5.05. The molecule has 19 heavy (non-hydrogen) atoms. The van der Waals surface area contributed by atoms with Crippen molar-refractivity contribution in [1.82, 2.24) is 10.3 Å². The Morgan fingerprint density at radius 3 is 2.89 bits per heavy atom. The van der Waals surface area contributed by atoms with Crippen molar-refractivity contribution in [2.45, 2.75) is 44.7 Å². The molecule has 3 fully saturated rings. The van der Waals surface area contributed by atoms with Crippen LogP contribution in [0.3, 0.4) is 0 Å². The summed E-state index contributed by atoms with van der Waals surface area (Å²) in [7, 11) is 0. The fourth-order valence-electron chi connectivity index (χ4n) is 5.05. The molecule has 0 aliphatic heterocycles. The van der Waals surface area contributed by atoms with Crippen molar-refractivity contribution in [2.24, 2.45) is 23.7 Å². The monoisotopic (exact) mass is 278 g/mol. The number of pyridine rings is 1. The van der Waals surface area contributed by atoms with Crippen LogP contribution < -0.4 is 5.32 Å². The topological polar surface area (TPSA) is 24.9 Å². The highest BCUT2D eigenvalue weighted by Gasteiger charge is 2.53. The minimum absolute atomic E-state index is 0. The highest BCUT2D eigenvalue weighted by molar-refractivity contribution is 5.85. The van der Waals surface area contributed by atoms with Crippen molar-refractivity contribution in [2.75, 3.05) is 0 Å². The Morgan fingerprint density at radius 1 is 1.16 bits per heavy atom. The van der Waals surface area contributed by atoms with E-state index in [2.05, 4.69) is 16.4 Å². The molecule has 1 N–H and O–H groups in total. The summed E-state index contributed by atoms with van der Waals surface area (Å²) in [6.07, 6.45) is 11.3. The van der Waals surface area contributed by atoms with Crippen LogP contribution in [-0.4, -0.2) is 11.0 Å². The zero-order valence-electron chi connectivity index (χ0n) is 11.3. The second-order valence-electron chi connectivity index (χ2n) is 6.50. The van der Waals surface area contributed by atoms with Crippen LogP contribution in [0.25, 0.3) is 0 Å². The molecule has 2 bridgehead atoms. The van der Waals surface area contributed by atoms with Gasteiger partial charge in [-0.25, -0.2) is 0 Å². The summed E-state index contributed by atoms with van der Waals surface area (Å²) in [5.41, 5.74) is 1.32. The summed E-state index contributed by atoms with van der Waals surface area (Å²) in [6, 6.07) is 4.99. The zero-order chi connectivity index (χ0) is 11.9. The zero-order valence-corrected chi connectivity index (χ0v) is 12.1. The largest absolute Gasteiger partial charge is 0.310 e. The van der Waals surface area contributed by atoms with Gasteiger partial charge >= 0.3 is 0 Å². The SMILES string of the molecule is Cl.c1cncc(CNC2CC3CC2C2CCCC32)c1. The van der Waals surface area contributed by atoms with E-state index in [1.807, 2.05) is 18.5 Å². The molecule has 2 nitrogen and oxygen atoms in total. The molecular formula is C16H23ClN2. The Bertz CT molecular complexity index is 422. The van der Waals surface area contributed by atoms with E-state index in [-0.39, 0.29) is 12.4 Å². The van der Waals surface area contributed by atoms with E-state index < -0.39 is 0 Å². The van der Waals surface area contributed by atoms with Gasteiger partial charge in [0.2, 0.25) is 0 Å². The average molecular weight is 279 g/mol. The van der Waals surface area contributed by atoms with Gasteiger partial charge in [0.1, 0.15) is 0 Å². The van der Waals surface area contributed by atoms with Gasteiger partial charge in [0.15, 0.2) is 0 Å². The Labute approximate surface area is 121 Å². The van der Waals surface area contributed by atoms with Gasteiger partial charge in [-0.1, -0.05) is 12.5 Å². The standard InChI is InChI=1S/C16H22N2.ClH/c1-4-13-12-7-15(14(13)5-1)16(8-12)18-10-11-3-2-6-17-9-11;/h2-3,6,9,12-16,18H,1,4-5,7-8,10H2;1H. The van der Waals surface area contributed by atoms with Crippen molar-refractivity contribution in [3.05, 3.63) is 30.1 Å². The lowest BCUT2D eigenvalue weighted by molar-refractivity contribution is 0.208. The Hall–Kier alpha value is -0.600. The van der Waals surface area contributed by atoms with Crippen molar-refractivity contribution < 1.29 is 0 Å². The van der Waals surface area contributed by atoms with Gasteiger partial charge < -0.3 is 5.32 Å². The van der Waals surface area contributed by atoms with E-state index in [0.717, 1.165) is 36.3 Å². The van der Waals surface area contributed by atoms with Crippen molar-refractivity contribution in [3.8, 4) is 0 Å². The summed E-state index contributed by atoms with van der Waals surface area (Å²) in [6.45, 7) is 0.999. The second-order valence-corrected chi connectivity index (χ2v) is 6.50. The first-order chi connectivity index (χ1) is 8.92. The molecule has 0 amide bonds. The normalized spacial score (nSPS) is 39.1. The molecule has 4 rings (SSSR count). The summed E-state index contributed by atoms with van der Waals surface area (Å²) in [4.78, 5) is 4.19. The van der Waals surface area contributed by atoms with Crippen LogP contribution in [0.15, 0.2) is 24.5 Å². The van der Waals surface area contributed by atoms with E-state index in [1.165, 1.54) is 37.7 Å². The molecular weight excluding hydrogens is 256 g/mol. The first-order valence-corrected chi connectivity index (χ1v) is 7.54. The van der Waals surface area contributed by atoms with Crippen LogP contribution in [0.2, 0.25) is 0 Å². The molecule has 1 aromatic rings. The lowest BCUT2D eigenvalue weighted by Crippen LogP contribution is -2.38. The molecule has 3 saturated carbocycles. The third kappa shape index (κ3) is 2.30. The molecule has 0 aromatic carbocycles. The number of rotatable bonds is 3. The van der Waals surface area contributed by atoms with Gasteiger partial charge in [0.05, 0.1) is 0 Å². The van der Waals surface area contributed by atoms with E-state index in [4.69, 9.17) is 0 Å². The number of nitrogens with zero attached hydrogens (tertiary/aromatic N) is 1. The molecule has 104 valence electrons. The van der Waals surface area contributed by atoms with Gasteiger partial charge in [-0.3, -0.25) is 4.98 Å². The first kappa shape index (κ1) is 13.4. The Balaban J connectivity index is 0.00000110. The summed E-state index contributed by atoms with van der Waals surface area (Å²) in [5, 5.41) is 3.80. The van der Waals surface area contributed by atoms with Crippen LogP contribution in [0.4, 0.5) is 0 Å². The molecule has 3 heteroatoms. The Morgan fingerprint density at radius 2 is 2.05 bits per heavy atom. The maximum atomic E-state index is 4.19. The minimum atomic E-state index is 0. The smallest absolute Gasteiger partial charge is 0.0312 e. The molecule has 0 radical (unpaired) electrons. The van der Waals surface area contributed by atoms with Crippen LogP contribution in [0.5, 0.6) is 0 Å². The summed E-state index contributed by atoms with van der Waals surface area (Å²) >= 11 is 0. The molecule has 3 aliphatic rings. The average Bonchev–Trinajstić information content (AvgIpc) is 3.09. The number of nitrogens with one attached hydrogen (secondary N) is 1. The highest BCUT2D eigenvalue weighted by atomic mass is 35.5. The number of halogens is 1. The maximum Gasteiger partial charge on any atom is 0.0312 e. The van der Waals surface area contributed by atoms with E-state index in [0.29, 0.717) is 0 Å².